The zero-order chi connectivity index (χ0) is 15.1. The van der Waals surface area contributed by atoms with Crippen LogP contribution in [0.3, 0.4) is 0 Å². The predicted octanol–water partition coefficient (Wildman–Crippen LogP) is 3.45. The molecule has 1 aromatic rings. The highest BCUT2D eigenvalue weighted by atomic mass is 19.4. The van der Waals surface area contributed by atoms with Gasteiger partial charge in [-0.2, -0.15) is 13.2 Å². The zero-order valence-electron chi connectivity index (χ0n) is 11.6. The molecule has 0 spiro atoms. The van der Waals surface area contributed by atoms with Crippen LogP contribution in [-0.4, -0.2) is 18.9 Å². The Kier molecular flexibility index (Phi) is 7.37. The van der Waals surface area contributed by atoms with E-state index in [0.717, 1.165) is 12.1 Å². The van der Waals surface area contributed by atoms with Gasteiger partial charge >= 0.3 is 6.18 Å². The fraction of sp³-hybridized carbons (Fsp3) is 0.500. The highest BCUT2D eigenvalue weighted by Gasteiger charge is 2.30. The number of ketones is 1. The lowest BCUT2D eigenvalue weighted by Crippen LogP contribution is -2.34. The quantitative estimate of drug-likeness (QED) is 0.912. The molecule has 19 heavy (non-hydrogen) atoms. The van der Waals surface area contributed by atoms with Gasteiger partial charge in [0.05, 0.1) is 11.6 Å². The third-order valence-corrected chi connectivity index (χ3v) is 2.53. The van der Waals surface area contributed by atoms with E-state index in [2.05, 4.69) is 5.32 Å². The molecule has 5 heteroatoms. The maximum absolute atomic E-state index is 12.5. The van der Waals surface area contributed by atoms with Crippen molar-refractivity contribution < 1.29 is 18.0 Å². The number of Topliss-reactive ketones (excluding diaryl/α,β-unsaturated/α-hetero) is 1. The lowest BCUT2D eigenvalue weighted by Gasteiger charge is -2.14. The van der Waals surface area contributed by atoms with Crippen molar-refractivity contribution in [2.24, 2.45) is 0 Å². The molecule has 0 aliphatic carbocycles. The number of carbonyl (C=O) groups excluding carboxylic acids is 1. The molecule has 0 saturated heterocycles. The van der Waals surface area contributed by atoms with Gasteiger partial charge in [0, 0.05) is 0 Å². The monoisotopic (exact) mass is 275 g/mol. The first-order valence-electron chi connectivity index (χ1n) is 6.18. The van der Waals surface area contributed by atoms with Crippen LogP contribution in [0, 0.1) is 0 Å². The van der Waals surface area contributed by atoms with Crippen LogP contribution in [0.5, 0.6) is 0 Å². The number of carbonyl (C=O) groups is 1. The Morgan fingerprint density at radius 2 is 1.89 bits per heavy atom. The minimum Gasteiger partial charge on any atom is -0.310 e. The van der Waals surface area contributed by atoms with Crippen molar-refractivity contribution >= 4 is 5.78 Å². The van der Waals surface area contributed by atoms with Gasteiger partial charge in [-0.1, -0.05) is 32.0 Å². The Morgan fingerprint density at radius 3 is 2.32 bits per heavy atom. The number of alkyl halides is 3. The van der Waals surface area contributed by atoms with Crippen LogP contribution in [-0.2, 0) is 17.4 Å². The molecular weight excluding hydrogens is 255 g/mol. The van der Waals surface area contributed by atoms with Crippen LogP contribution in [0.15, 0.2) is 24.3 Å². The van der Waals surface area contributed by atoms with Crippen LogP contribution in [0.25, 0.3) is 0 Å². The summed E-state index contributed by atoms with van der Waals surface area (Å²) in [6.45, 7) is 5.41. The Labute approximate surface area is 112 Å². The van der Waals surface area contributed by atoms with E-state index in [1.54, 1.807) is 13.1 Å². The van der Waals surface area contributed by atoms with Gasteiger partial charge in [0.1, 0.15) is 5.78 Å². The molecule has 0 radical (unpaired) electrons. The van der Waals surface area contributed by atoms with Crippen molar-refractivity contribution in [1.82, 2.24) is 5.32 Å². The summed E-state index contributed by atoms with van der Waals surface area (Å²) in [4.78, 5) is 11.2. The van der Waals surface area contributed by atoms with E-state index < -0.39 is 17.8 Å². The van der Waals surface area contributed by atoms with E-state index in [9.17, 15) is 18.0 Å². The third kappa shape index (κ3) is 5.87. The van der Waals surface area contributed by atoms with Crippen molar-refractivity contribution in [2.45, 2.75) is 39.4 Å². The Bertz CT molecular complexity index is 402. The molecule has 0 aromatic heterocycles. The molecule has 1 N–H and O–H groups in total. The molecule has 0 bridgehead atoms. The van der Waals surface area contributed by atoms with Gasteiger partial charge in [-0.15, -0.1) is 0 Å². The normalized spacial score (nSPS) is 12.4. The summed E-state index contributed by atoms with van der Waals surface area (Å²) in [5.41, 5.74) is -0.192. The van der Waals surface area contributed by atoms with Crippen molar-refractivity contribution in [1.29, 1.82) is 0 Å². The number of rotatable bonds is 4. The molecule has 2 nitrogen and oxygen atoms in total. The fourth-order valence-electron chi connectivity index (χ4n) is 1.56. The Hall–Kier alpha value is -1.36. The van der Waals surface area contributed by atoms with Crippen LogP contribution in [0.2, 0.25) is 0 Å². The summed E-state index contributed by atoms with van der Waals surface area (Å²) in [6.07, 6.45) is -4.09. The molecule has 1 aromatic carbocycles. The minimum atomic E-state index is -4.35. The molecule has 0 amide bonds. The molecule has 0 unspecified atom stereocenters. The maximum Gasteiger partial charge on any atom is 0.416 e. The molecule has 1 atom stereocenters. The van der Waals surface area contributed by atoms with Crippen molar-refractivity contribution in [3.63, 3.8) is 0 Å². The summed E-state index contributed by atoms with van der Waals surface area (Å²) in [7, 11) is 1.61. The Morgan fingerprint density at radius 1 is 1.32 bits per heavy atom. The van der Waals surface area contributed by atoms with E-state index >= 15 is 0 Å². The molecule has 0 heterocycles. The van der Waals surface area contributed by atoms with Gasteiger partial charge in [-0.05, 0) is 32.0 Å². The zero-order valence-corrected chi connectivity index (χ0v) is 11.6. The number of likely N-dealkylation sites (N-methyl/N-ethyl adjacent to an activating group) is 1. The topological polar surface area (TPSA) is 29.1 Å². The lowest BCUT2D eigenvalue weighted by molar-refractivity contribution is -0.137. The third-order valence-electron chi connectivity index (χ3n) is 2.53. The van der Waals surface area contributed by atoms with Gasteiger partial charge in [-0.25, -0.2) is 0 Å². The van der Waals surface area contributed by atoms with E-state index in [1.165, 1.54) is 13.0 Å². The number of benzene rings is 1. The summed E-state index contributed by atoms with van der Waals surface area (Å²) in [6, 6.07) is 4.59. The van der Waals surface area contributed by atoms with Crippen molar-refractivity contribution in [2.75, 3.05) is 7.05 Å². The molecular formula is C14H20F3NO. The standard InChI is InChI=1S/C12H14F3NO.C2H6/c1-8(17)11(16-2)7-9-4-3-5-10(6-9)12(13,14)15;1-2/h3-6,11,16H,7H2,1-2H3;1-2H3/t11-;/m0./s1. The summed E-state index contributed by atoms with van der Waals surface area (Å²) in [5.74, 6) is -0.0927. The smallest absolute Gasteiger partial charge is 0.310 e. The van der Waals surface area contributed by atoms with E-state index in [-0.39, 0.29) is 12.2 Å². The van der Waals surface area contributed by atoms with Crippen LogP contribution < -0.4 is 5.32 Å². The number of halogens is 3. The molecule has 0 aliphatic heterocycles. The number of hydrogen-bond acceptors (Lipinski definition) is 2. The van der Waals surface area contributed by atoms with Gasteiger partial charge in [0.2, 0.25) is 0 Å². The van der Waals surface area contributed by atoms with Gasteiger partial charge in [-0.3, -0.25) is 4.79 Å². The largest absolute Gasteiger partial charge is 0.416 e. The lowest BCUT2D eigenvalue weighted by atomic mass is 10.0. The fourth-order valence-corrected chi connectivity index (χ4v) is 1.56. The van der Waals surface area contributed by atoms with Crippen molar-refractivity contribution in [3.8, 4) is 0 Å². The Balaban J connectivity index is 0.00000154. The highest BCUT2D eigenvalue weighted by Crippen LogP contribution is 2.29. The second-order valence-corrected chi connectivity index (χ2v) is 3.85. The average Bonchev–Trinajstić information content (AvgIpc) is 2.37. The summed E-state index contributed by atoms with van der Waals surface area (Å²) < 4.78 is 37.4. The molecule has 0 fully saturated rings. The maximum atomic E-state index is 12.5. The number of hydrogen-bond donors (Lipinski definition) is 1. The van der Waals surface area contributed by atoms with E-state index in [0.29, 0.717) is 5.56 Å². The van der Waals surface area contributed by atoms with Gasteiger partial charge < -0.3 is 5.32 Å². The predicted molar refractivity (Wildman–Crippen MR) is 70.0 cm³/mol. The second kappa shape index (κ2) is 7.94. The first kappa shape index (κ1) is 17.6. The van der Waals surface area contributed by atoms with E-state index in [4.69, 9.17) is 0 Å². The molecule has 0 aliphatic rings. The average molecular weight is 275 g/mol. The minimum absolute atomic E-state index is 0.0927. The first-order valence-corrected chi connectivity index (χ1v) is 6.18. The van der Waals surface area contributed by atoms with Crippen LogP contribution >= 0.6 is 0 Å². The number of nitrogens with one attached hydrogen (secondary N) is 1. The SMILES string of the molecule is CC.CN[C@@H](Cc1cccc(C(F)(F)F)c1)C(C)=O. The summed E-state index contributed by atoms with van der Waals surface area (Å²) in [5, 5.41) is 2.78. The van der Waals surface area contributed by atoms with E-state index in [1.807, 2.05) is 13.8 Å². The summed E-state index contributed by atoms with van der Waals surface area (Å²) >= 11 is 0. The van der Waals surface area contributed by atoms with Crippen LogP contribution in [0.1, 0.15) is 31.9 Å². The van der Waals surface area contributed by atoms with Gasteiger partial charge in [0.25, 0.3) is 0 Å². The molecule has 108 valence electrons. The first-order chi connectivity index (χ1) is 8.84. The van der Waals surface area contributed by atoms with Crippen LogP contribution in [0.4, 0.5) is 13.2 Å². The molecule has 0 saturated carbocycles. The highest BCUT2D eigenvalue weighted by molar-refractivity contribution is 5.81. The van der Waals surface area contributed by atoms with Gasteiger partial charge in [0.15, 0.2) is 0 Å². The van der Waals surface area contributed by atoms with Crippen molar-refractivity contribution in [3.05, 3.63) is 35.4 Å². The molecule has 1 rings (SSSR count). The second-order valence-electron chi connectivity index (χ2n) is 3.85.